The zero-order valence-electron chi connectivity index (χ0n) is 16.8. The lowest BCUT2D eigenvalue weighted by Gasteiger charge is -2.10. The summed E-state index contributed by atoms with van der Waals surface area (Å²) < 4.78 is 30.6. The maximum Gasteiger partial charge on any atom is 0.339 e. The van der Waals surface area contributed by atoms with E-state index in [0.29, 0.717) is 21.8 Å². The van der Waals surface area contributed by atoms with Crippen molar-refractivity contribution in [2.24, 2.45) is 5.10 Å². The highest BCUT2D eigenvalue weighted by molar-refractivity contribution is 7.87. The van der Waals surface area contributed by atoms with E-state index in [1.807, 2.05) is 0 Å². The van der Waals surface area contributed by atoms with Crippen molar-refractivity contribution in [1.82, 2.24) is 5.43 Å². The minimum atomic E-state index is -4.15. The van der Waals surface area contributed by atoms with Crippen LogP contribution in [0.4, 0.5) is 5.69 Å². The fourth-order valence-corrected chi connectivity index (χ4v) is 3.74. The smallest absolute Gasteiger partial charge is 0.339 e. The first-order chi connectivity index (χ1) is 15.2. The Morgan fingerprint density at radius 1 is 1.00 bits per heavy atom. The number of hydrogen-bond acceptors (Lipinski definition) is 6. The molecule has 0 bridgehead atoms. The molecule has 164 valence electrons. The number of carbonyl (C=O) groups is 2. The van der Waals surface area contributed by atoms with Crippen LogP contribution in [0.1, 0.15) is 22.8 Å². The van der Waals surface area contributed by atoms with Crippen molar-refractivity contribution in [2.45, 2.75) is 11.8 Å². The number of hydrazone groups is 1. The Hall–Kier alpha value is -3.69. The van der Waals surface area contributed by atoms with Gasteiger partial charge in [-0.05, 0) is 54.6 Å². The minimum absolute atomic E-state index is 0.0270. The van der Waals surface area contributed by atoms with Crippen molar-refractivity contribution in [1.29, 1.82) is 0 Å². The number of nitrogens with zero attached hydrogens (tertiary/aromatic N) is 1. The number of rotatable bonds is 7. The molecule has 0 aromatic heterocycles. The van der Waals surface area contributed by atoms with E-state index >= 15 is 0 Å². The van der Waals surface area contributed by atoms with Gasteiger partial charge < -0.3 is 9.50 Å². The first-order valence-electron chi connectivity index (χ1n) is 9.25. The molecule has 0 aliphatic carbocycles. The Labute approximate surface area is 190 Å². The molecular weight excluding hydrogens is 454 g/mol. The van der Waals surface area contributed by atoms with Crippen LogP contribution in [0.2, 0.25) is 5.02 Å². The van der Waals surface area contributed by atoms with Crippen LogP contribution in [0, 0.1) is 0 Å². The Balaban J connectivity index is 1.73. The molecule has 0 spiro atoms. The molecule has 3 aromatic carbocycles. The number of halogens is 1. The summed E-state index contributed by atoms with van der Waals surface area (Å²) in [5.41, 5.74) is 3.46. The molecular formula is C22H18ClN3O5S. The largest absolute Gasteiger partial charge is 0.378 e. The van der Waals surface area contributed by atoms with E-state index < -0.39 is 16.0 Å². The molecule has 2 amide bonds. The van der Waals surface area contributed by atoms with Gasteiger partial charge in [-0.3, -0.25) is 9.59 Å². The lowest BCUT2D eigenvalue weighted by molar-refractivity contribution is -0.114. The zero-order valence-corrected chi connectivity index (χ0v) is 18.4. The van der Waals surface area contributed by atoms with Gasteiger partial charge in [0, 0.05) is 28.8 Å². The number of hydrogen-bond donors (Lipinski definition) is 2. The molecule has 10 heteroatoms. The fourth-order valence-electron chi connectivity index (χ4n) is 2.59. The average Bonchev–Trinajstić information content (AvgIpc) is 2.74. The number of carbonyl (C=O) groups excluding carboxylic acids is 2. The number of para-hydroxylation sites is 1. The van der Waals surface area contributed by atoms with Crippen molar-refractivity contribution >= 4 is 45.4 Å². The Kier molecular flexibility index (Phi) is 7.24. The third-order valence-electron chi connectivity index (χ3n) is 4.04. The number of anilines is 1. The van der Waals surface area contributed by atoms with Crippen molar-refractivity contribution in [2.75, 3.05) is 5.32 Å². The van der Waals surface area contributed by atoms with Crippen LogP contribution in [-0.4, -0.2) is 26.4 Å². The van der Waals surface area contributed by atoms with E-state index in [1.165, 1.54) is 49.5 Å². The Morgan fingerprint density at radius 2 is 1.72 bits per heavy atom. The molecule has 0 radical (unpaired) electrons. The van der Waals surface area contributed by atoms with E-state index in [-0.39, 0.29) is 16.6 Å². The van der Waals surface area contributed by atoms with Crippen LogP contribution in [-0.2, 0) is 14.9 Å². The first kappa shape index (κ1) is 23.0. The molecule has 0 atom stereocenters. The average molecular weight is 472 g/mol. The zero-order chi connectivity index (χ0) is 23.1. The monoisotopic (exact) mass is 471 g/mol. The van der Waals surface area contributed by atoms with Gasteiger partial charge in [-0.1, -0.05) is 29.8 Å². The molecule has 0 saturated heterocycles. The molecule has 0 aliphatic heterocycles. The number of benzene rings is 3. The van der Waals surface area contributed by atoms with Gasteiger partial charge in [-0.2, -0.15) is 13.5 Å². The van der Waals surface area contributed by atoms with E-state index in [4.69, 9.17) is 15.8 Å². The van der Waals surface area contributed by atoms with Crippen molar-refractivity contribution in [3.8, 4) is 5.75 Å². The molecule has 0 fully saturated rings. The van der Waals surface area contributed by atoms with Gasteiger partial charge in [0.15, 0.2) is 5.75 Å². The summed E-state index contributed by atoms with van der Waals surface area (Å²) in [6.45, 7) is 1.35. The fraction of sp³-hybridized carbons (Fsp3) is 0.0455. The van der Waals surface area contributed by atoms with Crippen molar-refractivity contribution in [3.63, 3.8) is 0 Å². The van der Waals surface area contributed by atoms with Crippen LogP contribution in [0.15, 0.2) is 82.8 Å². The van der Waals surface area contributed by atoms with Gasteiger partial charge in [0.25, 0.3) is 5.91 Å². The van der Waals surface area contributed by atoms with Gasteiger partial charge in [0.05, 0.1) is 6.21 Å². The predicted octanol–water partition coefficient (Wildman–Crippen LogP) is 3.83. The summed E-state index contributed by atoms with van der Waals surface area (Å²) >= 11 is 5.87. The third kappa shape index (κ3) is 6.16. The van der Waals surface area contributed by atoms with E-state index in [0.717, 1.165) is 0 Å². The van der Waals surface area contributed by atoms with Crippen LogP contribution in [0.25, 0.3) is 0 Å². The van der Waals surface area contributed by atoms with Gasteiger partial charge in [0.1, 0.15) is 4.90 Å². The first-order valence-corrected chi connectivity index (χ1v) is 11.0. The van der Waals surface area contributed by atoms with E-state index in [1.54, 1.807) is 36.4 Å². The second-order valence-electron chi connectivity index (χ2n) is 6.49. The summed E-state index contributed by atoms with van der Waals surface area (Å²) in [4.78, 5) is 23.2. The van der Waals surface area contributed by atoms with Crippen LogP contribution >= 0.6 is 11.6 Å². The summed E-state index contributed by atoms with van der Waals surface area (Å²) in [5, 5.41) is 6.84. The highest BCUT2D eigenvalue weighted by Crippen LogP contribution is 2.23. The topological polar surface area (TPSA) is 114 Å². The summed E-state index contributed by atoms with van der Waals surface area (Å²) in [7, 11) is -4.15. The number of nitrogens with one attached hydrogen (secondary N) is 2. The van der Waals surface area contributed by atoms with Gasteiger partial charge in [0.2, 0.25) is 5.91 Å². The molecule has 3 rings (SSSR count). The Morgan fingerprint density at radius 3 is 2.41 bits per heavy atom. The summed E-state index contributed by atoms with van der Waals surface area (Å²) in [6.07, 6.45) is 1.27. The van der Waals surface area contributed by atoms with E-state index in [9.17, 15) is 18.0 Å². The molecule has 0 saturated carbocycles. The highest BCUT2D eigenvalue weighted by atomic mass is 35.5. The third-order valence-corrected chi connectivity index (χ3v) is 5.52. The Bertz CT molecular complexity index is 1270. The summed E-state index contributed by atoms with van der Waals surface area (Å²) in [6, 6.07) is 18.2. The molecule has 8 nitrogen and oxygen atoms in total. The number of amides is 2. The second-order valence-corrected chi connectivity index (χ2v) is 8.47. The maximum absolute atomic E-state index is 12.6. The normalized spacial score (nSPS) is 11.2. The SMILES string of the molecule is CC(=O)Nc1ccc(S(=O)(=O)Oc2ccccc2/C=N\NC(=O)c2cccc(Cl)c2)cc1. The standard InChI is InChI=1S/C22H18ClN3O5S/c1-15(27)25-19-9-11-20(12-10-19)32(29,30)31-21-8-3-2-5-17(21)14-24-26-22(28)16-6-4-7-18(23)13-16/h2-14H,1H3,(H,25,27)(H,26,28)/b24-14-. The van der Waals surface area contributed by atoms with Crippen molar-refractivity contribution in [3.05, 3.63) is 88.9 Å². The molecule has 0 aliphatic rings. The molecule has 0 unspecified atom stereocenters. The lowest BCUT2D eigenvalue weighted by atomic mass is 10.2. The maximum atomic E-state index is 12.6. The second kappa shape index (κ2) is 10.1. The molecule has 2 N–H and O–H groups in total. The molecule has 32 heavy (non-hydrogen) atoms. The van der Waals surface area contributed by atoms with Crippen LogP contribution in [0.5, 0.6) is 5.75 Å². The minimum Gasteiger partial charge on any atom is -0.378 e. The highest BCUT2D eigenvalue weighted by Gasteiger charge is 2.18. The predicted molar refractivity (Wildman–Crippen MR) is 122 cm³/mol. The quantitative estimate of drug-likeness (QED) is 0.309. The van der Waals surface area contributed by atoms with E-state index in [2.05, 4.69) is 15.8 Å². The van der Waals surface area contributed by atoms with Crippen molar-refractivity contribution < 1.29 is 22.2 Å². The van der Waals surface area contributed by atoms with Crippen LogP contribution in [0.3, 0.4) is 0 Å². The lowest BCUT2D eigenvalue weighted by Crippen LogP contribution is -2.17. The molecule has 3 aromatic rings. The van der Waals surface area contributed by atoms with Crippen LogP contribution < -0.4 is 14.9 Å². The van der Waals surface area contributed by atoms with Gasteiger partial charge in [-0.25, -0.2) is 5.43 Å². The summed E-state index contributed by atoms with van der Waals surface area (Å²) in [5.74, 6) is -0.722. The van der Waals surface area contributed by atoms with Gasteiger partial charge >= 0.3 is 10.1 Å². The molecule has 0 heterocycles. The van der Waals surface area contributed by atoms with Gasteiger partial charge in [-0.15, -0.1) is 0 Å².